The first-order valence-corrected chi connectivity index (χ1v) is 7.75. The van der Waals surface area contributed by atoms with Crippen LogP contribution in [0.5, 0.6) is 0 Å². The van der Waals surface area contributed by atoms with Crippen LogP contribution in [0, 0.1) is 0 Å². The molecule has 2 nitrogen and oxygen atoms in total. The minimum absolute atomic E-state index is 0.483. The highest BCUT2D eigenvalue weighted by molar-refractivity contribution is 4.97. The Morgan fingerprint density at radius 1 is 1.24 bits per heavy atom. The molecule has 2 rings (SSSR count). The lowest BCUT2D eigenvalue weighted by Crippen LogP contribution is -2.62. The van der Waals surface area contributed by atoms with E-state index in [4.69, 9.17) is 0 Å². The fourth-order valence-corrected chi connectivity index (χ4v) is 3.61. The lowest BCUT2D eigenvalue weighted by atomic mass is 9.80. The Bertz CT molecular complexity index is 215. The summed E-state index contributed by atoms with van der Waals surface area (Å²) in [5.74, 6) is 0. The summed E-state index contributed by atoms with van der Waals surface area (Å²) in [6.07, 6.45) is 11.2. The van der Waals surface area contributed by atoms with Gasteiger partial charge >= 0.3 is 0 Å². The maximum absolute atomic E-state index is 3.83. The Kier molecular flexibility index (Phi) is 4.87. The summed E-state index contributed by atoms with van der Waals surface area (Å²) in [5.41, 5.74) is 0.483. The van der Waals surface area contributed by atoms with Gasteiger partial charge in [0, 0.05) is 31.2 Å². The zero-order valence-corrected chi connectivity index (χ0v) is 11.8. The first-order valence-electron chi connectivity index (χ1n) is 7.75. The molecule has 1 unspecified atom stereocenters. The van der Waals surface area contributed by atoms with Crippen molar-refractivity contribution in [1.29, 1.82) is 0 Å². The van der Waals surface area contributed by atoms with E-state index in [9.17, 15) is 0 Å². The first kappa shape index (κ1) is 13.4. The third kappa shape index (κ3) is 3.45. The third-order valence-corrected chi connectivity index (χ3v) is 4.81. The number of rotatable bonds is 4. The van der Waals surface area contributed by atoms with Gasteiger partial charge in [0.15, 0.2) is 0 Å². The van der Waals surface area contributed by atoms with Crippen molar-refractivity contribution in [2.45, 2.75) is 76.8 Å². The van der Waals surface area contributed by atoms with E-state index in [0.29, 0.717) is 5.54 Å². The van der Waals surface area contributed by atoms with Crippen LogP contribution in [-0.2, 0) is 0 Å². The van der Waals surface area contributed by atoms with Gasteiger partial charge in [0.2, 0.25) is 0 Å². The van der Waals surface area contributed by atoms with E-state index in [1.807, 2.05) is 0 Å². The van der Waals surface area contributed by atoms with Gasteiger partial charge in [-0.1, -0.05) is 39.0 Å². The molecule has 1 aliphatic carbocycles. The molecule has 2 aliphatic rings. The number of piperazine rings is 1. The van der Waals surface area contributed by atoms with Gasteiger partial charge in [-0.2, -0.15) is 0 Å². The van der Waals surface area contributed by atoms with Gasteiger partial charge in [0.1, 0.15) is 0 Å². The van der Waals surface area contributed by atoms with E-state index >= 15 is 0 Å². The smallest absolute Gasteiger partial charge is 0.0309 e. The molecule has 2 fully saturated rings. The van der Waals surface area contributed by atoms with Crippen molar-refractivity contribution in [2.75, 3.05) is 19.6 Å². The lowest BCUT2D eigenvalue weighted by Gasteiger charge is -2.48. The Morgan fingerprint density at radius 2 is 2.00 bits per heavy atom. The van der Waals surface area contributed by atoms with E-state index in [-0.39, 0.29) is 0 Å². The molecule has 1 spiro atoms. The summed E-state index contributed by atoms with van der Waals surface area (Å²) in [6.45, 7) is 8.49. The first-order chi connectivity index (χ1) is 8.26. The number of hydrogen-bond acceptors (Lipinski definition) is 2. The molecular weight excluding hydrogens is 208 g/mol. The Balaban J connectivity index is 1.87. The quantitative estimate of drug-likeness (QED) is 0.809. The van der Waals surface area contributed by atoms with Gasteiger partial charge in [-0.25, -0.2) is 0 Å². The fourth-order valence-electron chi connectivity index (χ4n) is 3.61. The molecule has 2 heteroatoms. The molecule has 0 aromatic rings. The predicted molar refractivity (Wildman–Crippen MR) is 74.4 cm³/mol. The third-order valence-electron chi connectivity index (χ3n) is 4.81. The highest BCUT2D eigenvalue weighted by Gasteiger charge is 2.36. The van der Waals surface area contributed by atoms with Crippen LogP contribution in [-0.4, -0.2) is 36.1 Å². The molecule has 0 aromatic carbocycles. The standard InChI is InChI=1S/C15H30N2/c1-3-4-8-14(2)17-12-11-16-15(13-17)9-6-5-7-10-15/h14,16H,3-13H2,1-2H3. The van der Waals surface area contributed by atoms with Crippen LogP contribution in [0.4, 0.5) is 0 Å². The molecule has 1 saturated heterocycles. The van der Waals surface area contributed by atoms with Gasteiger partial charge < -0.3 is 5.32 Å². The highest BCUT2D eigenvalue weighted by atomic mass is 15.2. The molecule has 100 valence electrons. The monoisotopic (exact) mass is 238 g/mol. The summed E-state index contributed by atoms with van der Waals surface area (Å²) in [6, 6.07) is 0.788. The average Bonchev–Trinajstić information content (AvgIpc) is 2.37. The topological polar surface area (TPSA) is 15.3 Å². The summed E-state index contributed by atoms with van der Waals surface area (Å²) in [4.78, 5) is 2.75. The molecule has 0 aromatic heterocycles. The van der Waals surface area contributed by atoms with E-state index in [2.05, 4.69) is 24.1 Å². The summed E-state index contributed by atoms with van der Waals surface area (Å²) in [5, 5.41) is 3.83. The van der Waals surface area contributed by atoms with Gasteiger partial charge in [0.05, 0.1) is 0 Å². The second kappa shape index (κ2) is 6.19. The van der Waals surface area contributed by atoms with Crippen LogP contribution in [0.2, 0.25) is 0 Å². The molecule has 0 radical (unpaired) electrons. The van der Waals surface area contributed by atoms with Gasteiger partial charge in [-0.3, -0.25) is 4.90 Å². The minimum atomic E-state index is 0.483. The van der Waals surface area contributed by atoms with Crippen molar-refractivity contribution in [3.05, 3.63) is 0 Å². The molecule has 1 atom stereocenters. The molecule has 1 aliphatic heterocycles. The molecule has 1 saturated carbocycles. The number of nitrogens with zero attached hydrogens (tertiary/aromatic N) is 1. The van der Waals surface area contributed by atoms with E-state index in [1.54, 1.807) is 0 Å². The van der Waals surface area contributed by atoms with Crippen molar-refractivity contribution >= 4 is 0 Å². The van der Waals surface area contributed by atoms with Crippen molar-refractivity contribution in [3.63, 3.8) is 0 Å². The zero-order valence-electron chi connectivity index (χ0n) is 11.8. The second-order valence-corrected chi connectivity index (χ2v) is 6.23. The molecule has 17 heavy (non-hydrogen) atoms. The number of unbranched alkanes of at least 4 members (excludes halogenated alkanes) is 1. The minimum Gasteiger partial charge on any atom is -0.309 e. The second-order valence-electron chi connectivity index (χ2n) is 6.23. The van der Waals surface area contributed by atoms with Crippen LogP contribution in [0.25, 0.3) is 0 Å². The van der Waals surface area contributed by atoms with E-state index in [1.165, 1.54) is 71.0 Å². The normalized spacial score (nSPS) is 27.2. The zero-order chi connectivity index (χ0) is 12.1. The van der Waals surface area contributed by atoms with Crippen molar-refractivity contribution in [1.82, 2.24) is 10.2 Å². The molecule has 1 heterocycles. The van der Waals surface area contributed by atoms with E-state index in [0.717, 1.165) is 6.04 Å². The molecule has 0 bridgehead atoms. The number of hydrogen-bond donors (Lipinski definition) is 1. The van der Waals surface area contributed by atoms with Gasteiger partial charge in [-0.05, 0) is 26.2 Å². The SMILES string of the molecule is CCCCC(C)N1CCNC2(CCCCC2)C1. The largest absolute Gasteiger partial charge is 0.309 e. The summed E-state index contributed by atoms with van der Waals surface area (Å²) < 4.78 is 0. The maximum Gasteiger partial charge on any atom is 0.0309 e. The molecular formula is C15H30N2. The van der Waals surface area contributed by atoms with Crippen LogP contribution in [0.15, 0.2) is 0 Å². The van der Waals surface area contributed by atoms with Crippen LogP contribution in [0.1, 0.15) is 65.2 Å². The van der Waals surface area contributed by atoms with Gasteiger partial charge in [-0.15, -0.1) is 0 Å². The Labute approximate surface area is 107 Å². The Morgan fingerprint density at radius 3 is 2.71 bits per heavy atom. The van der Waals surface area contributed by atoms with Crippen molar-refractivity contribution < 1.29 is 0 Å². The average molecular weight is 238 g/mol. The van der Waals surface area contributed by atoms with Gasteiger partial charge in [0.25, 0.3) is 0 Å². The van der Waals surface area contributed by atoms with Crippen LogP contribution < -0.4 is 5.32 Å². The predicted octanol–water partition coefficient (Wildman–Crippen LogP) is 3.17. The molecule has 1 N–H and O–H groups in total. The molecule has 0 amide bonds. The number of nitrogens with one attached hydrogen (secondary N) is 1. The summed E-state index contributed by atoms with van der Waals surface area (Å²) >= 11 is 0. The van der Waals surface area contributed by atoms with Crippen LogP contribution in [0.3, 0.4) is 0 Å². The maximum atomic E-state index is 3.83. The highest BCUT2D eigenvalue weighted by Crippen LogP contribution is 2.31. The van der Waals surface area contributed by atoms with Crippen molar-refractivity contribution in [2.24, 2.45) is 0 Å². The fraction of sp³-hybridized carbons (Fsp3) is 1.00. The van der Waals surface area contributed by atoms with Crippen LogP contribution >= 0.6 is 0 Å². The van der Waals surface area contributed by atoms with Crippen molar-refractivity contribution in [3.8, 4) is 0 Å². The van der Waals surface area contributed by atoms with E-state index < -0.39 is 0 Å². The summed E-state index contributed by atoms with van der Waals surface area (Å²) in [7, 11) is 0. The lowest BCUT2D eigenvalue weighted by molar-refractivity contribution is 0.0697. The Hall–Kier alpha value is -0.0800.